The van der Waals surface area contributed by atoms with Crippen LogP contribution in [0.15, 0.2) is 24.3 Å². The lowest BCUT2D eigenvalue weighted by atomic mass is 9.78. The molecular weight excluding hydrogens is 345 g/mol. The van der Waals surface area contributed by atoms with Crippen LogP contribution in [0.4, 0.5) is 0 Å². The second-order valence-corrected chi connectivity index (χ2v) is 8.58. The Balaban J connectivity index is 2.04. The molecule has 0 radical (unpaired) electrons. The molecule has 0 heterocycles. The molecule has 1 saturated carbocycles. The molecule has 2 heteroatoms. The molecule has 0 bridgehead atoms. The lowest BCUT2D eigenvalue weighted by molar-refractivity contribution is 0.227. The molecule has 1 nitrogen and oxygen atoms in total. The van der Waals surface area contributed by atoms with Crippen LogP contribution in [0.3, 0.4) is 0 Å². The topological polar surface area (TPSA) is 12.0 Å². The first-order valence-electron chi connectivity index (χ1n) is 7.28. The summed E-state index contributed by atoms with van der Waals surface area (Å²) in [6.07, 6.45) is 4.01. The molecule has 1 aliphatic rings. The second-order valence-electron chi connectivity index (χ2n) is 7.34. The fourth-order valence-electron chi connectivity index (χ4n) is 2.67. The number of nitrogens with one attached hydrogen (secondary N) is 1. The highest BCUT2D eigenvalue weighted by Gasteiger charge is 2.41. The monoisotopic (exact) mass is 371 g/mol. The summed E-state index contributed by atoms with van der Waals surface area (Å²) in [7, 11) is 0. The Labute approximate surface area is 131 Å². The molecule has 1 aromatic carbocycles. The fraction of sp³-hybridized carbons (Fsp3) is 0.647. The molecule has 1 N–H and O–H groups in total. The summed E-state index contributed by atoms with van der Waals surface area (Å²) in [5.41, 5.74) is 2.09. The van der Waals surface area contributed by atoms with Gasteiger partial charge in [0.15, 0.2) is 0 Å². The van der Waals surface area contributed by atoms with Crippen molar-refractivity contribution in [3.63, 3.8) is 0 Å². The van der Waals surface area contributed by atoms with Crippen LogP contribution < -0.4 is 5.32 Å². The van der Waals surface area contributed by atoms with Gasteiger partial charge in [-0.3, -0.25) is 0 Å². The number of hydrogen-bond donors (Lipinski definition) is 1. The molecule has 1 unspecified atom stereocenters. The van der Waals surface area contributed by atoms with E-state index in [1.165, 1.54) is 28.4 Å². The largest absolute Gasteiger partial charge is 0.312 e. The Hall–Kier alpha value is -0.0900. The highest BCUT2D eigenvalue weighted by Crippen LogP contribution is 2.47. The Morgan fingerprint density at radius 2 is 1.68 bits per heavy atom. The Morgan fingerprint density at radius 3 is 2.16 bits per heavy atom. The predicted octanol–water partition coefficient (Wildman–Crippen LogP) is 4.64. The van der Waals surface area contributed by atoms with E-state index >= 15 is 0 Å². The minimum absolute atomic E-state index is 0.211. The van der Waals surface area contributed by atoms with Crippen molar-refractivity contribution in [2.75, 3.05) is 6.54 Å². The molecule has 0 aliphatic heterocycles. The van der Waals surface area contributed by atoms with Crippen LogP contribution in [-0.4, -0.2) is 12.1 Å². The quantitative estimate of drug-likeness (QED) is 0.744. The summed E-state index contributed by atoms with van der Waals surface area (Å²) in [6.45, 7) is 10.3. The van der Waals surface area contributed by atoms with Crippen molar-refractivity contribution in [3.05, 3.63) is 33.4 Å². The normalized spacial score (nSPS) is 19.2. The lowest BCUT2D eigenvalue weighted by Gasteiger charge is -2.34. The van der Waals surface area contributed by atoms with E-state index in [2.05, 4.69) is 79.9 Å². The highest BCUT2D eigenvalue weighted by atomic mass is 127. The van der Waals surface area contributed by atoms with E-state index in [0.29, 0.717) is 5.41 Å². The summed E-state index contributed by atoms with van der Waals surface area (Å²) >= 11 is 2.37. The maximum Gasteiger partial charge on any atom is 0.0130 e. The molecule has 2 rings (SSSR count). The molecule has 1 aliphatic carbocycles. The van der Waals surface area contributed by atoms with E-state index < -0.39 is 0 Å². The van der Waals surface area contributed by atoms with Gasteiger partial charge in [0, 0.05) is 15.7 Å². The van der Waals surface area contributed by atoms with Crippen molar-refractivity contribution in [1.82, 2.24) is 5.32 Å². The number of halogens is 1. The minimum atomic E-state index is 0.211. The molecule has 0 saturated heterocycles. The van der Waals surface area contributed by atoms with Crippen molar-refractivity contribution in [3.8, 4) is 0 Å². The fourth-order valence-corrected chi connectivity index (χ4v) is 3.03. The van der Waals surface area contributed by atoms with Crippen LogP contribution in [0.5, 0.6) is 0 Å². The molecule has 1 atom stereocenters. The van der Waals surface area contributed by atoms with E-state index in [1.54, 1.807) is 0 Å². The Kier molecular flexibility index (Phi) is 4.61. The van der Waals surface area contributed by atoms with Gasteiger partial charge in [0.05, 0.1) is 0 Å². The number of hydrogen-bond acceptors (Lipinski definition) is 1. The van der Waals surface area contributed by atoms with Gasteiger partial charge < -0.3 is 5.32 Å². The molecule has 19 heavy (non-hydrogen) atoms. The van der Waals surface area contributed by atoms with Crippen LogP contribution in [-0.2, 0) is 6.42 Å². The van der Waals surface area contributed by atoms with Crippen molar-refractivity contribution in [2.24, 2.45) is 11.3 Å². The molecule has 1 fully saturated rings. The first kappa shape index (κ1) is 15.3. The van der Waals surface area contributed by atoms with Crippen LogP contribution in [0.25, 0.3) is 0 Å². The number of benzene rings is 1. The minimum Gasteiger partial charge on any atom is -0.312 e. The maximum absolute atomic E-state index is 3.71. The highest BCUT2D eigenvalue weighted by molar-refractivity contribution is 14.1. The SMILES string of the molecule is CC(C)(C)NCC(C)(Cc1ccc(I)cc1)C1CC1. The summed E-state index contributed by atoms with van der Waals surface area (Å²) in [5, 5.41) is 3.71. The number of rotatable bonds is 5. The zero-order valence-corrected chi connectivity index (χ0v) is 14.8. The van der Waals surface area contributed by atoms with E-state index in [1.807, 2.05) is 0 Å². The molecule has 0 spiro atoms. The van der Waals surface area contributed by atoms with Gasteiger partial charge >= 0.3 is 0 Å². The average Bonchev–Trinajstić information content (AvgIpc) is 3.13. The molecule has 0 amide bonds. The summed E-state index contributed by atoms with van der Waals surface area (Å²) < 4.78 is 1.32. The van der Waals surface area contributed by atoms with E-state index in [-0.39, 0.29) is 5.54 Å². The second kappa shape index (κ2) is 5.72. The predicted molar refractivity (Wildman–Crippen MR) is 91.4 cm³/mol. The average molecular weight is 371 g/mol. The third kappa shape index (κ3) is 4.75. The van der Waals surface area contributed by atoms with Crippen molar-refractivity contribution in [1.29, 1.82) is 0 Å². The summed E-state index contributed by atoms with van der Waals surface area (Å²) in [4.78, 5) is 0. The van der Waals surface area contributed by atoms with Gasteiger partial charge in [-0.15, -0.1) is 0 Å². The van der Waals surface area contributed by atoms with Gasteiger partial charge in [0.25, 0.3) is 0 Å². The van der Waals surface area contributed by atoms with Gasteiger partial charge in [-0.05, 0) is 91.7 Å². The van der Waals surface area contributed by atoms with Crippen molar-refractivity contribution in [2.45, 2.75) is 52.5 Å². The zero-order chi connectivity index (χ0) is 14.1. The first-order valence-corrected chi connectivity index (χ1v) is 8.36. The van der Waals surface area contributed by atoms with Gasteiger partial charge in [0.1, 0.15) is 0 Å². The zero-order valence-electron chi connectivity index (χ0n) is 12.6. The molecular formula is C17H26IN. The van der Waals surface area contributed by atoms with Crippen LogP contribution in [0.1, 0.15) is 46.1 Å². The summed E-state index contributed by atoms with van der Waals surface area (Å²) in [6, 6.07) is 9.03. The molecule has 0 aromatic heterocycles. The van der Waals surface area contributed by atoms with Gasteiger partial charge in [-0.25, -0.2) is 0 Å². The van der Waals surface area contributed by atoms with Crippen molar-refractivity contribution < 1.29 is 0 Å². The molecule has 106 valence electrons. The van der Waals surface area contributed by atoms with Crippen LogP contribution >= 0.6 is 22.6 Å². The standard InChI is InChI=1S/C17H26IN/c1-16(2,3)19-12-17(4,14-7-8-14)11-13-5-9-15(18)10-6-13/h5-6,9-10,14,19H,7-8,11-12H2,1-4H3. The van der Waals surface area contributed by atoms with E-state index in [9.17, 15) is 0 Å². The Morgan fingerprint density at radius 1 is 1.11 bits per heavy atom. The van der Waals surface area contributed by atoms with E-state index in [0.717, 1.165) is 12.5 Å². The Bertz CT molecular complexity index is 414. The lowest BCUT2D eigenvalue weighted by Crippen LogP contribution is -2.44. The van der Waals surface area contributed by atoms with Crippen LogP contribution in [0.2, 0.25) is 0 Å². The maximum atomic E-state index is 3.71. The first-order chi connectivity index (χ1) is 8.78. The third-order valence-corrected chi connectivity index (χ3v) is 4.83. The van der Waals surface area contributed by atoms with Crippen molar-refractivity contribution >= 4 is 22.6 Å². The van der Waals surface area contributed by atoms with Gasteiger partial charge in [-0.1, -0.05) is 19.1 Å². The van der Waals surface area contributed by atoms with Gasteiger partial charge in [-0.2, -0.15) is 0 Å². The third-order valence-electron chi connectivity index (χ3n) is 4.11. The summed E-state index contributed by atoms with van der Waals surface area (Å²) in [5.74, 6) is 0.904. The van der Waals surface area contributed by atoms with Crippen LogP contribution in [0, 0.1) is 14.9 Å². The molecule has 1 aromatic rings. The van der Waals surface area contributed by atoms with E-state index in [4.69, 9.17) is 0 Å². The van der Waals surface area contributed by atoms with Gasteiger partial charge in [0.2, 0.25) is 0 Å². The smallest absolute Gasteiger partial charge is 0.0130 e.